The summed E-state index contributed by atoms with van der Waals surface area (Å²) in [5.41, 5.74) is 1.07. The van der Waals surface area contributed by atoms with E-state index >= 15 is 0 Å². The Kier molecular flexibility index (Phi) is 6.47. The van der Waals surface area contributed by atoms with Gasteiger partial charge in [0.05, 0.1) is 4.92 Å². The van der Waals surface area contributed by atoms with Crippen LogP contribution in [-0.2, 0) is 0 Å². The number of nitrogens with one attached hydrogen (secondary N) is 2. The second-order valence-electron chi connectivity index (χ2n) is 5.57. The molecular formula is C18H21N3O4. The van der Waals surface area contributed by atoms with E-state index in [0.29, 0.717) is 18.5 Å². The smallest absolute Gasteiger partial charge is 0.293 e. The minimum atomic E-state index is -0.521. The molecule has 0 bridgehead atoms. The van der Waals surface area contributed by atoms with Crippen LogP contribution in [0.1, 0.15) is 30.1 Å². The third kappa shape index (κ3) is 5.02. The van der Waals surface area contributed by atoms with Gasteiger partial charge in [0, 0.05) is 30.0 Å². The molecule has 7 heteroatoms. The Labute approximate surface area is 145 Å². The first-order valence-corrected chi connectivity index (χ1v) is 8.07. The fourth-order valence-corrected chi connectivity index (χ4v) is 2.41. The van der Waals surface area contributed by atoms with Gasteiger partial charge in [0.2, 0.25) is 0 Å². The molecule has 0 aliphatic carbocycles. The van der Waals surface area contributed by atoms with Crippen molar-refractivity contribution in [3.05, 3.63) is 64.2 Å². The molecule has 1 amide bonds. The van der Waals surface area contributed by atoms with E-state index in [2.05, 4.69) is 10.6 Å². The van der Waals surface area contributed by atoms with Gasteiger partial charge in [0.25, 0.3) is 11.6 Å². The summed E-state index contributed by atoms with van der Waals surface area (Å²) < 4.78 is 0. The molecule has 0 aromatic heterocycles. The third-order valence-corrected chi connectivity index (χ3v) is 3.81. The highest BCUT2D eigenvalue weighted by atomic mass is 16.6. The molecule has 0 heterocycles. The van der Waals surface area contributed by atoms with Crippen LogP contribution in [0.15, 0.2) is 48.5 Å². The molecule has 2 rings (SSSR count). The summed E-state index contributed by atoms with van der Waals surface area (Å²) in [6, 6.07) is 13.2. The van der Waals surface area contributed by atoms with Crippen molar-refractivity contribution in [1.29, 1.82) is 0 Å². The van der Waals surface area contributed by atoms with Crippen LogP contribution in [0.25, 0.3) is 0 Å². The molecule has 0 aliphatic heterocycles. The molecule has 0 saturated carbocycles. The molecule has 7 nitrogen and oxygen atoms in total. The van der Waals surface area contributed by atoms with E-state index in [1.54, 1.807) is 18.2 Å². The van der Waals surface area contributed by atoms with Gasteiger partial charge in [-0.3, -0.25) is 14.9 Å². The second kappa shape index (κ2) is 8.79. The summed E-state index contributed by atoms with van der Waals surface area (Å²) in [6.45, 7) is 1.87. The molecule has 0 radical (unpaired) electrons. The Morgan fingerprint density at radius 2 is 1.96 bits per heavy atom. The third-order valence-electron chi connectivity index (χ3n) is 3.81. The Hall–Kier alpha value is -2.93. The number of benzene rings is 2. The topological polar surface area (TPSA) is 104 Å². The lowest BCUT2D eigenvalue weighted by Crippen LogP contribution is -2.35. The van der Waals surface area contributed by atoms with E-state index in [-0.39, 0.29) is 23.9 Å². The highest BCUT2D eigenvalue weighted by Gasteiger charge is 2.19. The normalized spacial score (nSPS) is 11.6. The molecule has 0 saturated heterocycles. The summed E-state index contributed by atoms with van der Waals surface area (Å²) in [4.78, 5) is 23.1. The SMILES string of the molecule is CC[C@@H](CCO)NC(=O)c1ccc(Nc2ccccc2)c([N+](=O)[O-])c1. The number of hydrogen-bond acceptors (Lipinski definition) is 5. The van der Waals surface area contributed by atoms with Crippen molar-refractivity contribution in [2.45, 2.75) is 25.8 Å². The molecule has 2 aromatic carbocycles. The quantitative estimate of drug-likeness (QED) is 0.504. The minimum Gasteiger partial charge on any atom is -0.396 e. The van der Waals surface area contributed by atoms with E-state index in [1.165, 1.54) is 12.1 Å². The summed E-state index contributed by atoms with van der Waals surface area (Å²) in [7, 11) is 0. The second-order valence-corrected chi connectivity index (χ2v) is 5.57. The molecule has 0 unspecified atom stereocenters. The molecule has 1 atom stereocenters. The number of carbonyl (C=O) groups excluding carboxylic acids is 1. The summed E-state index contributed by atoms with van der Waals surface area (Å²) in [5.74, 6) is -0.394. The van der Waals surface area contributed by atoms with Crippen molar-refractivity contribution >= 4 is 23.0 Å². The van der Waals surface area contributed by atoms with Crippen LogP contribution in [0.2, 0.25) is 0 Å². The molecule has 132 valence electrons. The van der Waals surface area contributed by atoms with Gasteiger partial charge in [-0.15, -0.1) is 0 Å². The lowest BCUT2D eigenvalue weighted by atomic mass is 10.1. The van der Waals surface area contributed by atoms with Gasteiger partial charge in [-0.1, -0.05) is 25.1 Å². The number of amides is 1. The molecule has 2 aromatic rings. The van der Waals surface area contributed by atoms with E-state index in [0.717, 1.165) is 5.69 Å². The number of para-hydroxylation sites is 1. The van der Waals surface area contributed by atoms with Crippen LogP contribution < -0.4 is 10.6 Å². The Balaban J connectivity index is 2.23. The average Bonchev–Trinajstić information content (AvgIpc) is 2.62. The van der Waals surface area contributed by atoms with Gasteiger partial charge in [0.15, 0.2) is 0 Å². The van der Waals surface area contributed by atoms with Crippen molar-refractivity contribution in [3.8, 4) is 0 Å². The van der Waals surface area contributed by atoms with Gasteiger partial charge in [-0.25, -0.2) is 0 Å². The summed E-state index contributed by atoms with van der Waals surface area (Å²) in [5, 5.41) is 26.1. The fourth-order valence-electron chi connectivity index (χ4n) is 2.41. The Morgan fingerprint density at radius 1 is 1.24 bits per heavy atom. The highest BCUT2D eigenvalue weighted by molar-refractivity contribution is 5.96. The Morgan fingerprint density at radius 3 is 2.56 bits per heavy atom. The van der Waals surface area contributed by atoms with Crippen LogP contribution >= 0.6 is 0 Å². The van der Waals surface area contributed by atoms with Crippen LogP contribution in [0.5, 0.6) is 0 Å². The van der Waals surface area contributed by atoms with Crippen LogP contribution in [-0.4, -0.2) is 28.6 Å². The standard InChI is InChI=1S/C18H21N3O4/c1-2-14(10-11-22)20-18(23)13-8-9-16(17(12-13)21(24)25)19-15-6-4-3-5-7-15/h3-9,12,14,19,22H,2,10-11H2,1H3,(H,20,23)/t14-/m0/s1. The van der Waals surface area contributed by atoms with Gasteiger partial charge in [-0.2, -0.15) is 0 Å². The number of nitro benzene ring substituents is 1. The number of carbonyl (C=O) groups is 1. The zero-order chi connectivity index (χ0) is 18.2. The van der Waals surface area contributed by atoms with Crippen molar-refractivity contribution < 1.29 is 14.8 Å². The maximum atomic E-state index is 12.3. The van der Waals surface area contributed by atoms with Gasteiger partial charge in [0.1, 0.15) is 5.69 Å². The maximum Gasteiger partial charge on any atom is 0.293 e. The van der Waals surface area contributed by atoms with E-state index in [9.17, 15) is 14.9 Å². The first-order valence-electron chi connectivity index (χ1n) is 8.07. The first kappa shape index (κ1) is 18.4. The van der Waals surface area contributed by atoms with E-state index < -0.39 is 10.8 Å². The Bertz CT molecular complexity index is 734. The van der Waals surface area contributed by atoms with E-state index in [1.807, 2.05) is 25.1 Å². The number of nitrogens with zero attached hydrogens (tertiary/aromatic N) is 1. The summed E-state index contributed by atoms with van der Waals surface area (Å²) >= 11 is 0. The molecule has 0 fully saturated rings. The molecule has 25 heavy (non-hydrogen) atoms. The number of anilines is 2. The zero-order valence-corrected chi connectivity index (χ0v) is 13.9. The highest BCUT2D eigenvalue weighted by Crippen LogP contribution is 2.28. The molecular weight excluding hydrogens is 322 g/mol. The van der Waals surface area contributed by atoms with Gasteiger partial charge >= 0.3 is 0 Å². The average molecular weight is 343 g/mol. The van der Waals surface area contributed by atoms with Crippen molar-refractivity contribution in [2.75, 3.05) is 11.9 Å². The molecule has 0 spiro atoms. The monoisotopic (exact) mass is 343 g/mol. The van der Waals surface area contributed by atoms with Gasteiger partial charge < -0.3 is 15.7 Å². The molecule has 0 aliphatic rings. The van der Waals surface area contributed by atoms with Crippen LogP contribution in [0.4, 0.5) is 17.1 Å². The first-order chi connectivity index (χ1) is 12.0. The van der Waals surface area contributed by atoms with Crippen LogP contribution in [0.3, 0.4) is 0 Å². The number of nitro groups is 1. The van der Waals surface area contributed by atoms with Crippen molar-refractivity contribution in [1.82, 2.24) is 5.32 Å². The van der Waals surface area contributed by atoms with Crippen LogP contribution in [0, 0.1) is 10.1 Å². The van der Waals surface area contributed by atoms with Gasteiger partial charge in [-0.05, 0) is 37.1 Å². The number of hydrogen-bond donors (Lipinski definition) is 3. The fraction of sp³-hybridized carbons (Fsp3) is 0.278. The number of rotatable bonds is 8. The number of aliphatic hydroxyl groups is 1. The predicted octanol–water partition coefficient (Wildman–Crippen LogP) is 3.23. The van der Waals surface area contributed by atoms with E-state index in [4.69, 9.17) is 5.11 Å². The molecule has 3 N–H and O–H groups in total. The number of aliphatic hydroxyl groups excluding tert-OH is 1. The maximum absolute atomic E-state index is 12.3. The zero-order valence-electron chi connectivity index (χ0n) is 13.9. The lowest BCUT2D eigenvalue weighted by Gasteiger charge is -2.16. The largest absolute Gasteiger partial charge is 0.396 e. The minimum absolute atomic E-state index is 0.0289. The van der Waals surface area contributed by atoms with Crippen molar-refractivity contribution in [3.63, 3.8) is 0 Å². The predicted molar refractivity (Wildman–Crippen MR) is 96.1 cm³/mol. The summed E-state index contributed by atoms with van der Waals surface area (Å²) in [6.07, 6.45) is 1.11. The lowest BCUT2D eigenvalue weighted by molar-refractivity contribution is -0.383. The van der Waals surface area contributed by atoms with Crippen molar-refractivity contribution in [2.24, 2.45) is 0 Å².